The van der Waals surface area contributed by atoms with Crippen LogP contribution in [0.1, 0.15) is 0 Å². The molecule has 0 bridgehead atoms. The summed E-state index contributed by atoms with van der Waals surface area (Å²) in [6.45, 7) is 3.51. The van der Waals surface area contributed by atoms with Gasteiger partial charge in [0.05, 0.1) is 21.2 Å². The highest BCUT2D eigenvalue weighted by molar-refractivity contribution is 7.99. The van der Waals surface area contributed by atoms with Crippen molar-refractivity contribution in [2.24, 2.45) is 10.2 Å². The minimum atomic E-state index is -3.68. The monoisotopic (exact) mass is 452 g/mol. The lowest BCUT2D eigenvalue weighted by molar-refractivity contribution is -0.137. The summed E-state index contributed by atoms with van der Waals surface area (Å²) in [6.07, 6.45) is 1.09. The van der Waals surface area contributed by atoms with E-state index in [1.54, 1.807) is 42.5 Å². The summed E-state index contributed by atoms with van der Waals surface area (Å²) in [4.78, 5) is 12.2. The van der Waals surface area contributed by atoms with E-state index in [1.165, 1.54) is 17.8 Å². The molecule has 3 aromatic rings. The number of hydrogen-bond acceptors (Lipinski definition) is 7. The average Bonchev–Trinajstić information content (AvgIpc) is 2.81. The molecule has 158 valence electrons. The molecule has 0 unspecified atom stereocenters. The number of benzene rings is 3. The second kappa shape index (κ2) is 10.7. The van der Waals surface area contributed by atoms with Crippen molar-refractivity contribution in [3.63, 3.8) is 0 Å². The summed E-state index contributed by atoms with van der Waals surface area (Å²) < 4.78 is 31.0. The van der Waals surface area contributed by atoms with Crippen molar-refractivity contribution in [2.75, 3.05) is 12.4 Å². The molecule has 8 heteroatoms. The summed E-state index contributed by atoms with van der Waals surface area (Å²) in [7, 11) is -3.68. The van der Waals surface area contributed by atoms with E-state index >= 15 is 0 Å². The van der Waals surface area contributed by atoms with Crippen LogP contribution in [0.25, 0.3) is 0 Å². The molecule has 0 spiro atoms. The van der Waals surface area contributed by atoms with E-state index in [2.05, 4.69) is 16.8 Å². The molecule has 0 aromatic heterocycles. The van der Waals surface area contributed by atoms with Gasteiger partial charge in [0.25, 0.3) is 0 Å². The minimum absolute atomic E-state index is 0.153. The second-order valence-corrected chi connectivity index (χ2v) is 9.29. The Morgan fingerprint density at radius 1 is 0.935 bits per heavy atom. The van der Waals surface area contributed by atoms with Gasteiger partial charge in [0.1, 0.15) is 6.61 Å². The maximum absolute atomic E-state index is 13.0. The Balaban J connectivity index is 1.90. The molecule has 3 rings (SSSR count). The van der Waals surface area contributed by atoms with Crippen LogP contribution in [0, 0.1) is 0 Å². The Morgan fingerprint density at radius 3 is 2.29 bits per heavy atom. The number of ether oxygens (including phenoxy) is 1. The predicted octanol–water partition coefficient (Wildman–Crippen LogP) is 5.76. The Kier molecular flexibility index (Phi) is 7.75. The van der Waals surface area contributed by atoms with Crippen LogP contribution in [0.5, 0.6) is 0 Å². The standard InChI is InChI=1S/C23H20N2O4S2/c1-2-23(26)29-15-16-30-22-17-20(31(27,28)19-11-7-4-8-12-19)13-14-21(22)25-24-18-9-5-3-6-10-18/h2-14,17H,1,15-16H2. The molecule has 31 heavy (non-hydrogen) atoms. The number of esters is 1. The Morgan fingerprint density at radius 2 is 1.61 bits per heavy atom. The SMILES string of the molecule is C=CC(=O)OCCSc1cc(S(=O)(=O)c2ccccc2)ccc1N=Nc1ccccc1. The van der Waals surface area contributed by atoms with Gasteiger partial charge >= 0.3 is 5.97 Å². The number of rotatable bonds is 9. The molecule has 0 atom stereocenters. The fraction of sp³-hybridized carbons (Fsp3) is 0.0870. The van der Waals surface area contributed by atoms with E-state index in [1.807, 2.05) is 30.3 Å². The van der Waals surface area contributed by atoms with E-state index in [9.17, 15) is 13.2 Å². The molecule has 0 heterocycles. The number of carbonyl (C=O) groups is 1. The third kappa shape index (κ3) is 6.13. The predicted molar refractivity (Wildman–Crippen MR) is 121 cm³/mol. The fourth-order valence-electron chi connectivity index (χ4n) is 2.55. The van der Waals surface area contributed by atoms with Crippen molar-refractivity contribution in [1.82, 2.24) is 0 Å². The quantitative estimate of drug-likeness (QED) is 0.136. The first-order chi connectivity index (χ1) is 15.0. The topological polar surface area (TPSA) is 85.2 Å². The zero-order chi connectivity index (χ0) is 22.1. The Labute approximate surface area is 185 Å². The van der Waals surface area contributed by atoms with Gasteiger partial charge in [-0.1, -0.05) is 43.0 Å². The van der Waals surface area contributed by atoms with E-state index in [0.717, 1.165) is 6.08 Å². The first-order valence-corrected chi connectivity index (χ1v) is 11.8. The summed E-state index contributed by atoms with van der Waals surface area (Å²) in [5, 5.41) is 8.51. The largest absolute Gasteiger partial charge is 0.462 e. The Hall–Kier alpha value is -3.23. The third-order valence-electron chi connectivity index (χ3n) is 4.08. The van der Waals surface area contributed by atoms with Crippen molar-refractivity contribution in [3.8, 4) is 0 Å². The molecule has 0 fully saturated rings. The zero-order valence-electron chi connectivity index (χ0n) is 16.5. The Bertz CT molecular complexity index is 1180. The first kappa shape index (κ1) is 22.5. The summed E-state index contributed by atoms with van der Waals surface area (Å²) in [6, 6.07) is 22.2. The van der Waals surface area contributed by atoms with Gasteiger partial charge in [0.2, 0.25) is 9.84 Å². The lowest BCUT2D eigenvalue weighted by atomic mass is 10.3. The van der Waals surface area contributed by atoms with E-state index in [0.29, 0.717) is 22.0 Å². The number of thioether (sulfide) groups is 1. The highest BCUT2D eigenvalue weighted by Gasteiger charge is 2.19. The van der Waals surface area contributed by atoms with Crippen molar-refractivity contribution in [3.05, 3.63) is 91.5 Å². The van der Waals surface area contributed by atoms with Gasteiger partial charge in [-0.25, -0.2) is 13.2 Å². The number of azo groups is 1. The number of nitrogens with zero attached hydrogens (tertiary/aromatic N) is 2. The average molecular weight is 453 g/mol. The zero-order valence-corrected chi connectivity index (χ0v) is 18.2. The van der Waals surface area contributed by atoms with Crippen LogP contribution in [0.15, 0.2) is 116 Å². The maximum Gasteiger partial charge on any atom is 0.330 e. The highest BCUT2D eigenvalue weighted by Crippen LogP contribution is 2.34. The third-order valence-corrected chi connectivity index (χ3v) is 6.85. The molecule has 0 aliphatic rings. The molecule has 0 aliphatic carbocycles. The highest BCUT2D eigenvalue weighted by atomic mass is 32.2. The van der Waals surface area contributed by atoms with Crippen molar-refractivity contribution in [1.29, 1.82) is 0 Å². The van der Waals surface area contributed by atoms with Crippen LogP contribution in [0.3, 0.4) is 0 Å². The lowest BCUT2D eigenvalue weighted by Crippen LogP contribution is -2.04. The van der Waals surface area contributed by atoms with Crippen molar-refractivity contribution < 1.29 is 17.9 Å². The second-order valence-electron chi connectivity index (χ2n) is 6.20. The summed E-state index contributed by atoms with van der Waals surface area (Å²) >= 11 is 1.33. The van der Waals surface area contributed by atoms with Gasteiger partial charge < -0.3 is 4.74 Å². The normalized spacial score (nSPS) is 11.4. The maximum atomic E-state index is 13.0. The van der Waals surface area contributed by atoms with Gasteiger partial charge in [-0.3, -0.25) is 0 Å². The number of carbonyl (C=O) groups excluding carboxylic acids is 1. The van der Waals surface area contributed by atoms with E-state index < -0.39 is 15.8 Å². The van der Waals surface area contributed by atoms with Crippen LogP contribution in [0.2, 0.25) is 0 Å². The van der Waals surface area contributed by atoms with Crippen LogP contribution >= 0.6 is 11.8 Å². The smallest absolute Gasteiger partial charge is 0.330 e. The molecule has 0 aliphatic heterocycles. The molecule has 6 nitrogen and oxygen atoms in total. The van der Waals surface area contributed by atoms with Gasteiger partial charge in [-0.05, 0) is 42.5 Å². The molecule has 3 aromatic carbocycles. The van der Waals surface area contributed by atoms with E-state index in [4.69, 9.17) is 4.74 Å². The van der Waals surface area contributed by atoms with Crippen LogP contribution in [-0.4, -0.2) is 26.7 Å². The minimum Gasteiger partial charge on any atom is -0.462 e. The molecular formula is C23H20N2O4S2. The molecular weight excluding hydrogens is 432 g/mol. The molecule has 0 amide bonds. The van der Waals surface area contributed by atoms with E-state index in [-0.39, 0.29) is 16.4 Å². The number of hydrogen-bond donors (Lipinski definition) is 0. The first-order valence-electron chi connectivity index (χ1n) is 9.33. The summed E-state index contributed by atoms with van der Waals surface area (Å²) in [5.41, 5.74) is 1.20. The van der Waals surface area contributed by atoms with Crippen LogP contribution in [-0.2, 0) is 19.4 Å². The lowest BCUT2D eigenvalue weighted by Gasteiger charge is -2.09. The molecule has 0 N–H and O–H groups in total. The van der Waals surface area contributed by atoms with Crippen LogP contribution < -0.4 is 0 Å². The summed E-state index contributed by atoms with van der Waals surface area (Å²) in [5.74, 6) is -0.0903. The van der Waals surface area contributed by atoms with Gasteiger partial charge in [-0.2, -0.15) is 5.11 Å². The molecule has 0 saturated heterocycles. The van der Waals surface area contributed by atoms with Crippen LogP contribution in [0.4, 0.5) is 11.4 Å². The molecule has 0 radical (unpaired) electrons. The van der Waals surface area contributed by atoms with Crippen molar-refractivity contribution >= 4 is 38.9 Å². The van der Waals surface area contributed by atoms with Gasteiger partial charge in [-0.15, -0.1) is 16.9 Å². The van der Waals surface area contributed by atoms with Gasteiger partial charge in [0, 0.05) is 16.7 Å². The molecule has 0 saturated carbocycles. The van der Waals surface area contributed by atoms with Gasteiger partial charge in [0.15, 0.2) is 0 Å². The fourth-order valence-corrected chi connectivity index (χ4v) is 4.79. The van der Waals surface area contributed by atoms with Crippen molar-refractivity contribution in [2.45, 2.75) is 14.7 Å². The number of sulfone groups is 1.